The summed E-state index contributed by atoms with van der Waals surface area (Å²) in [6.07, 6.45) is 0.192. The fourth-order valence-electron chi connectivity index (χ4n) is 3.20. The molecule has 1 heterocycles. The Morgan fingerprint density at radius 1 is 1.25 bits per heavy atom. The molecule has 0 spiro atoms. The quantitative estimate of drug-likeness (QED) is 0.841. The van der Waals surface area contributed by atoms with Crippen molar-refractivity contribution in [3.63, 3.8) is 0 Å². The molecule has 24 heavy (non-hydrogen) atoms. The van der Waals surface area contributed by atoms with E-state index >= 15 is 0 Å². The van der Waals surface area contributed by atoms with Crippen molar-refractivity contribution in [1.29, 1.82) is 0 Å². The number of esters is 1. The SMILES string of the molecule is CC(C)[C@H]1[C@@H](CC(=O)OC(C)(C)C)NC(=O)N1Cc1ccccc1. The van der Waals surface area contributed by atoms with E-state index < -0.39 is 5.60 Å². The zero-order valence-electron chi connectivity index (χ0n) is 15.2. The lowest BCUT2D eigenvalue weighted by Crippen LogP contribution is -2.42. The highest BCUT2D eigenvalue weighted by Crippen LogP contribution is 2.26. The molecule has 0 radical (unpaired) electrons. The number of nitrogens with zero attached hydrogens (tertiary/aromatic N) is 1. The minimum atomic E-state index is -0.517. The van der Waals surface area contributed by atoms with Gasteiger partial charge in [-0.15, -0.1) is 0 Å². The second kappa shape index (κ2) is 7.24. The summed E-state index contributed by atoms with van der Waals surface area (Å²) in [7, 11) is 0. The van der Waals surface area contributed by atoms with Crippen LogP contribution in [0.4, 0.5) is 4.79 Å². The molecule has 0 saturated carbocycles. The van der Waals surface area contributed by atoms with E-state index in [0.717, 1.165) is 5.56 Å². The van der Waals surface area contributed by atoms with E-state index in [9.17, 15) is 9.59 Å². The van der Waals surface area contributed by atoms with Crippen LogP contribution in [0.25, 0.3) is 0 Å². The molecule has 1 saturated heterocycles. The lowest BCUT2D eigenvalue weighted by Gasteiger charge is -2.30. The standard InChI is InChI=1S/C19H28N2O3/c1-13(2)17-15(11-16(22)24-19(3,4)5)20-18(23)21(17)12-14-9-7-6-8-10-14/h6-10,13,15,17H,11-12H2,1-5H3,(H,20,23)/t15-,17+/m1/s1. The van der Waals surface area contributed by atoms with Crippen molar-refractivity contribution < 1.29 is 14.3 Å². The third-order valence-corrected chi connectivity index (χ3v) is 4.03. The van der Waals surface area contributed by atoms with Gasteiger partial charge in [0.2, 0.25) is 0 Å². The number of nitrogens with one attached hydrogen (secondary N) is 1. The van der Waals surface area contributed by atoms with Crippen molar-refractivity contribution in [1.82, 2.24) is 10.2 Å². The van der Waals surface area contributed by atoms with Gasteiger partial charge >= 0.3 is 12.0 Å². The molecule has 2 rings (SSSR count). The van der Waals surface area contributed by atoms with Crippen LogP contribution in [0.5, 0.6) is 0 Å². The van der Waals surface area contributed by atoms with Crippen LogP contribution >= 0.6 is 0 Å². The van der Waals surface area contributed by atoms with Gasteiger partial charge in [-0.05, 0) is 32.3 Å². The zero-order valence-corrected chi connectivity index (χ0v) is 15.2. The number of hydrogen-bond acceptors (Lipinski definition) is 3. The average molecular weight is 332 g/mol. The maximum atomic E-state index is 12.4. The minimum Gasteiger partial charge on any atom is -0.460 e. The molecule has 0 aromatic heterocycles. The molecular formula is C19H28N2O3. The number of carbonyl (C=O) groups is 2. The van der Waals surface area contributed by atoms with Gasteiger partial charge in [0.05, 0.1) is 18.5 Å². The molecule has 1 aliphatic heterocycles. The molecule has 0 aliphatic carbocycles. The van der Waals surface area contributed by atoms with Crippen molar-refractivity contribution in [2.24, 2.45) is 5.92 Å². The molecule has 1 fully saturated rings. The number of amides is 2. The van der Waals surface area contributed by atoms with E-state index in [0.29, 0.717) is 6.54 Å². The Balaban J connectivity index is 2.10. The van der Waals surface area contributed by atoms with E-state index in [4.69, 9.17) is 4.74 Å². The third kappa shape index (κ3) is 4.73. The highest BCUT2D eigenvalue weighted by atomic mass is 16.6. The van der Waals surface area contributed by atoms with Crippen LogP contribution in [-0.2, 0) is 16.1 Å². The molecule has 5 heteroatoms. The molecule has 132 valence electrons. The second-order valence-corrected chi connectivity index (χ2v) is 7.69. The van der Waals surface area contributed by atoms with E-state index in [1.54, 1.807) is 0 Å². The lowest BCUT2D eigenvalue weighted by atomic mass is 9.94. The van der Waals surface area contributed by atoms with Gasteiger partial charge in [-0.2, -0.15) is 0 Å². The first-order valence-electron chi connectivity index (χ1n) is 8.50. The summed E-state index contributed by atoms with van der Waals surface area (Å²) >= 11 is 0. The highest BCUT2D eigenvalue weighted by Gasteiger charge is 2.42. The molecule has 1 aliphatic rings. The fourth-order valence-corrected chi connectivity index (χ4v) is 3.20. The van der Waals surface area contributed by atoms with Crippen LogP contribution in [0.15, 0.2) is 30.3 Å². The van der Waals surface area contributed by atoms with Crippen molar-refractivity contribution in [3.8, 4) is 0 Å². The van der Waals surface area contributed by atoms with Gasteiger partial charge in [-0.3, -0.25) is 4.79 Å². The molecule has 2 atom stereocenters. The Hall–Kier alpha value is -2.04. The first-order valence-corrected chi connectivity index (χ1v) is 8.50. The maximum Gasteiger partial charge on any atom is 0.318 e. The number of hydrogen-bond donors (Lipinski definition) is 1. The van der Waals surface area contributed by atoms with Crippen molar-refractivity contribution >= 4 is 12.0 Å². The summed E-state index contributed by atoms with van der Waals surface area (Å²) in [6.45, 7) is 10.2. The van der Waals surface area contributed by atoms with Gasteiger partial charge in [-0.1, -0.05) is 44.2 Å². The molecule has 1 aromatic carbocycles. The van der Waals surface area contributed by atoms with Crippen molar-refractivity contribution in [2.45, 2.75) is 65.3 Å². The van der Waals surface area contributed by atoms with Crippen LogP contribution in [0.3, 0.4) is 0 Å². The molecule has 2 amide bonds. The Bertz CT molecular complexity index is 578. The molecule has 1 N–H and O–H groups in total. The van der Waals surface area contributed by atoms with Gasteiger partial charge < -0.3 is 15.0 Å². The normalized spacial score (nSPS) is 21.1. The molecule has 0 bridgehead atoms. The largest absolute Gasteiger partial charge is 0.460 e. The van der Waals surface area contributed by atoms with Gasteiger partial charge in [0.1, 0.15) is 5.60 Å². The van der Waals surface area contributed by atoms with Crippen molar-refractivity contribution in [2.75, 3.05) is 0 Å². The van der Waals surface area contributed by atoms with Crippen molar-refractivity contribution in [3.05, 3.63) is 35.9 Å². The summed E-state index contributed by atoms with van der Waals surface area (Å²) < 4.78 is 5.41. The van der Waals surface area contributed by atoms with E-state index in [1.807, 2.05) is 56.0 Å². The molecular weight excluding hydrogens is 304 g/mol. The van der Waals surface area contributed by atoms with Gasteiger partial charge in [0, 0.05) is 6.54 Å². The van der Waals surface area contributed by atoms with Gasteiger partial charge in [0.15, 0.2) is 0 Å². The molecule has 0 unspecified atom stereocenters. The topological polar surface area (TPSA) is 58.6 Å². The lowest BCUT2D eigenvalue weighted by molar-refractivity contribution is -0.155. The first kappa shape index (κ1) is 18.3. The average Bonchev–Trinajstić information content (AvgIpc) is 2.73. The monoisotopic (exact) mass is 332 g/mol. The number of carbonyl (C=O) groups excluding carboxylic acids is 2. The molecule has 1 aromatic rings. The van der Waals surface area contributed by atoms with Crippen LogP contribution in [0.2, 0.25) is 0 Å². The van der Waals surface area contributed by atoms with Crippen LogP contribution < -0.4 is 5.32 Å². The van der Waals surface area contributed by atoms with E-state index in [1.165, 1.54) is 0 Å². The second-order valence-electron chi connectivity index (χ2n) is 7.69. The first-order chi connectivity index (χ1) is 11.2. The number of benzene rings is 1. The third-order valence-electron chi connectivity index (χ3n) is 4.03. The van der Waals surface area contributed by atoms with Gasteiger partial charge in [-0.25, -0.2) is 4.79 Å². The van der Waals surface area contributed by atoms with Gasteiger partial charge in [0.25, 0.3) is 0 Å². The number of urea groups is 1. The Kier molecular flexibility index (Phi) is 5.52. The summed E-state index contributed by atoms with van der Waals surface area (Å²) in [4.78, 5) is 26.4. The van der Waals surface area contributed by atoms with Crippen LogP contribution in [-0.4, -0.2) is 34.6 Å². The Labute approximate surface area is 144 Å². The Morgan fingerprint density at radius 2 is 1.88 bits per heavy atom. The predicted molar refractivity (Wildman–Crippen MR) is 93.4 cm³/mol. The summed E-state index contributed by atoms with van der Waals surface area (Å²) in [5.74, 6) is -0.0416. The fraction of sp³-hybridized carbons (Fsp3) is 0.579. The zero-order chi connectivity index (χ0) is 17.9. The van der Waals surface area contributed by atoms with E-state index in [-0.39, 0.29) is 36.4 Å². The predicted octanol–water partition coefficient (Wildman–Crippen LogP) is 3.34. The summed E-state index contributed by atoms with van der Waals surface area (Å²) in [5, 5.41) is 2.96. The minimum absolute atomic E-state index is 0.0368. The number of ether oxygens (including phenoxy) is 1. The summed E-state index contributed by atoms with van der Waals surface area (Å²) in [5.41, 5.74) is 0.563. The summed E-state index contributed by atoms with van der Waals surface area (Å²) in [6, 6.07) is 9.52. The maximum absolute atomic E-state index is 12.4. The smallest absolute Gasteiger partial charge is 0.318 e. The van der Waals surface area contributed by atoms with Crippen LogP contribution in [0, 0.1) is 5.92 Å². The molecule has 5 nitrogen and oxygen atoms in total. The highest BCUT2D eigenvalue weighted by molar-refractivity contribution is 5.80. The Morgan fingerprint density at radius 3 is 2.42 bits per heavy atom. The van der Waals surface area contributed by atoms with E-state index in [2.05, 4.69) is 19.2 Å². The number of rotatable bonds is 5. The van der Waals surface area contributed by atoms with Crippen LogP contribution in [0.1, 0.15) is 46.6 Å².